The van der Waals surface area contributed by atoms with Gasteiger partial charge in [-0.2, -0.15) is 0 Å². The lowest BCUT2D eigenvalue weighted by Crippen LogP contribution is -2.27. The molecule has 0 bridgehead atoms. The molecule has 0 aliphatic heterocycles. The Balaban J connectivity index is 2.53. The fraction of sp³-hybridized carbons (Fsp3) is 0.364. The number of hydrogen-bond acceptors (Lipinski definition) is 2. The van der Waals surface area contributed by atoms with E-state index in [1.54, 1.807) is 13.8 Å². The maximum atomic E-state index is 10.8. The summed E-state index contributed by atoms with van der Waals surface area (Å²) in [4.78, 5) is 10.8. The van der Waals surface area contributed by atoms with Gasteiger partial charge in [0.05, 0.1) is 0 Å². The van der Waals surface area contributed by atoms with Gasteiger partial charge in [0.15, 0.2) is 0 Å². The Morgan fingerprint density at radius 2 is 1.93 bits per heavy atom. The van der Waals surface area contributed by atoms with Crippen LogP contribution in [0.2, 0.25) is 0 Å². The first-order valence-electron chi connectivity index (χ1n) is 4.43. The molecule has 1 aromatic rings. The van der Waals surface area contributed by atoms with Crippen molar-refractivity contribution < 1.29 is 9.90 Å². The van der Waals surface area contributed by atoms with E-state index >= 15 is 0 Å². The van der Waals surface area contributed by atoms with Crippen molar-refractivity contribution >= 4 is 17.7 Å². The van der Waals surface area contributed by atoms with E-state index in [4.69, 9.17) is 5.11 Å². The molecule has 0 radical (unpaired) electrons. The summed E-state index contributed by atoms with van der Waals surface area (Å²) in [6.07, 6.45) is 0. The van der Waals surface area contributed by atoms with E-state index in [0.29, 0.717) is 0 Å². The van der Waals surface area contributed by atoms with Crippen LogP contribution >= 0.6 is 11.8 Å². The summed E-state index contributed by atoms with van der Waals surface area (Å²) >= 11 is 1.44. The number of benzene rings is 1. The molecule has 0 saturated carbocycles. The second kappa shape index (κ2) is 4.51. The summed E-state index contributed by atoms with van der Waals surface area (Å²) < 4.78 is -0.712. The fourth-order valence-corrected chi connectivity index (χ4v) is 1.74. The van der Waals surface area contributed by atoms with Gasteiger partial charge in [0.25, 0.3) is 0 Å². The number of rotatable bonds is 4. The standard InChI is InChI=1S/C11H14O2S/c1-11(2,10(12)13)14-8-9-6-4-3-5-7-9/h3-7H,8H2,1-2H3,(H,12,13). The number of thioether (sulfide) groups is 1. The van der Waals surface area contributed by atoms with Gasteiger partial charge in [0, 0.05) is 5.75 Å². The highest BCUT2D eigenvalue weighted by Gasteiger charge is 2.27. The van der Waals surface area contributed by atoms with Crippen LogP contribution < -0.4 is 0 Å². The van der Waals surface area contributed by atoms with Crippen LogP contribution in [-0.2, 0) is 10.5 Å². The van der Waals surface area contributed by atoms with Gasteiger partial charge in [-0.05, 0) is 19.4 Å². The van der Waals surface area contributed by atoms with Crippen molar-refractivity contribution in [3.05, 3.63) is 35.9 Å². The zero-order chi connectivity index (χ0) is 10.6. The molecule has 0 spiro atoms. The molecular formula is C11H14O2S. The third-order valence-corrected chi connectivity index (χ3v) is 3.33. The van der Waals surface area contributed by atoms with E-state index in [2.05, 4.69) is 0 Å². The van der Waals surface area contributed by atoms with E-state index in [1.807, 2.05) is 30.3 Å². The molecule has 0 unspecified atom stereocenters. The fourth-order valence-electron chi connectivity index (χ4n) is 0.900. The first kappa shape index (κ1) is 11.1. The molecule has 76 valence electrons. The van der Waals surface area contributed by atoms with Gasteiger partial charge in [-0.25, -0.2) is 0 Å². The molecule has 0 aliphatic rings. The Labute approximate surface area is 88.3 Å². The molecule has 0 aromatic heterocycles. The molecule has 0 saturated heterocycles. The number of carboxylic acids is 1. The van der Waals surface area contributed by atoms with Crippen LogP contribution in [0.5, 0.6) is 0 Å². The molecule has 0 heterocycles. The Morgan fingerprint density at radius 3 is 2.43 bits per heavy atom. The van der Waals surface area contributed by atoms with Crippen LogP contribution in [0.1, 0.15) is 19.4 Å². The van der Waals surface area contributed by atoms with Gasteiger partial charge in [-0.3, -0.25) is 4.79 Å². The van der Waals surface area contributed by atoms with Crippen molar-refractivity contribution in [3.63, 3.8) is 0 Å². The quantitative estimate of drug-likeness (QED) is 0.830. The zero-order valence-corrected chi connectivity index (χ0v) is 9.17. The van der Waals surface area contributed by atoms with Crippen LogP contribution in [0.3, 0.4) is 0 Å². The maximum Gasteiger partial charge on any atom is 0.319 e. The maximum absolute atomic E-state index is 10.8. The SMILES string of the molecule is CC(C)(SCc1ccccc1)C(=O)O. The first-order valence-corrected chi connectivity index (χ1v) is 5.42. The smallest absolute Gasteiger partial charge is 0.319 e. The molecule has 0 fully saturated rings. The lowest BCUT2D eigenvalue weighted by Gasteiger charge is -2.18. The first-order chi connectivity index (χ1) is 6.52. The minimum absolute atomic E-state index is 0.712. The predicted molar refractivity (Wildman–Crippen MR) is 59.5 cm³/mol. The second-order valence-electron chi connectivity index (χ2n) is 3.59. The topological polar surface area (TPSA) is 37.3 Å². The van der Waals surface area contributed by atoms with Crippen molar-refractivity contribution in [2.75, 3.05) is 0 Å². The summed E-state index contributed by atoms with van der Waals surface area (Å²) in [5, 5.41) is 8.90. The van der Waals surface area contributed by atoms with Gasteiger partial charge >= 0.3 is 5.97 Å². The zero-order valence-electron chi connectivity index (χ0n) is 8.36. The Hall–Kier alpha value is -0.960. The lowest BCUT2D eigenvalue weighted by atomic mass is 10.2. The second-order valence-corrected chi connectivity index (χ2v) is 5.19. The molecule has 0 aliphatic carbocycles. The molecule has 1 aromatic carbocycles. The number of aliphatic carboxylic acids is 1. The van der Waals surface area contributed by atoms with Gasteiger partial charge in [-0.15, -0.1) is 11.8 Å². The highest BCUT2D eigenvalue weighted by molar-refractivity contribution is 8.00. The Morgan fingerprint density at radius 1 is 1.36 bits per heavy atom. The van der Waals surface area contributed by atoms with Crippen molar-refractivity contribution in [1.82, 2.24) is 0 Å². The number of hydrogen-bond donors (Lipinski definition) is 1. The predicted octanol–water partition coefficient (Wildman–Crippen LogP) is 2.78. The minimum Gasteiger partial charge on any atom is -0.480 e. The largest absolute Gasteiger partial charge is 0.480 e. The van der Waals surface area contributed by atoms with Crippen molar-refractivity contribution in [2.24, 2.45) is 0 Å². The molecule has 3 heteroatoms. The van der Waals surface area contributed by atoms with Crippen LogP contribution in [0.25, 0.3) is 0 Å². The van der Waals surface area contributed by atoms with Crippen molar-refractivity contribution in [3.8, 4) is 0 Å². The van der Waals surface area contributed by atoms with E-state index in [9.17, 15) is 4.79 Å². The van der Waals surface area contributed by atoms with Crippen LogP contribution in [0.4, 0.5) is 0 Å². The van der Waals surface area contributed by atoms with Crippen LogP contribution in [0.15, 0.2) is 30.3 Å². The van der Waals surface area contributed by atoms with Gasteiger partial charge in [-0.1, -0.05) is 30.3 Å². The normalized spacial score (nSPS) is 11.3. The summed E-state index contributed by atoms with van der Waals surface area (Å²) in [7, 11) is 0. The number of carboxylic acid groups (broad SMARTS) is 1. The minimum atomic E-state index is -0.765. The van der Waals surface area contributed by atoms with Crippen molar-refractivity contribution in [1.29, 1.82) is 0 Å². The molecule has 2 nitrogen and oxygen atoms in total. The van der Waals surface area contributed by atoms with E-state index in [0.717, 1.165) is 11.3 Å². The molecule has 0 amide bonds. The van der Waals surface area contributed by atoms with E-state index < -0.39 is 10.7 Å². The average Bonchev–Trinajstić information content (AvgIpc) is 2.16. The molecule has 14 heavy (non-hydrogen) atoms. The summed E-state index contributed by atoms with van der Waals surface area (Å²) in [6, 6.07) is 9.89. The van der Waals surface area contributed by atoms with Crippen molar-refractivity contribution in [2.45, 2.75) is 24.3 Å². The molecule has 0 atom stereocenters. The Kier molecular flexibility index (Phi) is 3.58. The van der Waals surface area contributed by atoms with E-state index in [-0.39, 0.29) is 0 Å². The summed E-state index contributed by atoms with van der Waals surface area (Å²) in [5.41, 5.74) is 1.16. The van der Waals surface area contributed by atoms with Crippen LogP contribution in [-0.4, -0.2) is 15.8 Å². The molecular weight excluding hydrogens is 196 g/mol. The summed E-state index contributed by atoms with van der Waals surface area (Å²) in [5.74, 6) is -0.0291. The molecule has 1 rings (SSSR count). The molecule has 1 N–H and O–H groups in total. The average molecular weight is 210 g/mol. The Bertz CT molecular complexity index is 306. The monoisotopic (exact) mass is 210 g/mol. The summed E-state index contributed by atoms with van der Waals surface area (Å²) in [6.45, 7) is 3.45. The van der Waals surface area contributed by atoms with E-state index in [1.165, 1.54) is 11.8 Å². The third kappa shape index (κ3) is 3.07. The van der Waals surface area contributed by atoms with Gasteiger partial charge < -0.3 is 5.11 Å². The highest BCUT2D eigenvalue weighted by atomic mass is 32.2. The van der Waals surface area contributed by atoms with Gasteiger partial charge in [0.2, 0.25) is 0 Å². The third-order valence-electron chi connectivity index (χ3n) is 1.96. The number of carbonyl (C=O) groups is 1. The lowest BCUT2D eigenvalue weighted by molar-refractivity contribution is -0.138. The van der Waals surface area contributed by atoms with Gasteiger partial charge in [0.1, 0.15) is 4.75 Å². The van der Waals surface area contributed by atoms with Crippen LogP contribution in [0, 0.1) is 0 Å². The highest BCUT2D eigenvalue weighted by Crippen LogP contribution is 2.27.